The Kier molecular flexibility index (Phi) is 4.48. The van der Waals surface area contributed by atoms with E-state index >= 15 is 0 Å². The molecule has 4 aromatic rings. The Morgan fingerprint density at radius 1 is 1.06 bits per heavy atom. The molecule has 3 aromatic carbocycles. The van der Waals surface area contributed by atoms with Gasteiger partial charge in [-0.05, 0) is 23.9 Å². The molecule has 0 aliphatic carbocycles. The largest absolute Gasteiger partial charge is 0.493 e. The highest BCUT2D eigenvalue weighted by Crippen LogP contribution is 2.49. The maximum atomic E-state index is 13.4. The summed E-state index contributed by atoms with van der Waals surface area (Å²) in [4.78, 5) is 27.8. The first-order valence-corrected chi connectivity index (χ1v) is 11.1. The van der Waals surface area contributed by atoms with E-state index in [9.17, 15) is 14.7 Å². The Hall–Kier alpha value is -3.71. The number of benzene rings is 3. The first-order valence-electron chi connectivity index (χ1n) is 10.8. The summed E-state index contributed by atoms with van der Waals surface area (Å²) >= 11 is 6.16. The maximum absolute atomic E-state index is 13.4. The Bertz CT molecular complexity index is 1470. The Labute approximate surface area is 194 Å². The molecule has 2 aliphatic heterocycles. The zero-order valence-electron chi connectivity index (χ0n) is 17.5. The van der Waals surface area contributed by atoms with Crippen molar-refractivity contribution in [2.75, 3.05) is 6.54 Å². The lowest BCUT2D eigenvalue weighted by atomic mass is 10.1. The molecule has 0 spiro atoms. The number of rotatable bonds is 3. The van der Waals surface area contributed by atoms with Gasteiger partial charge in [0.25, 0.3) is 0 Å². The van der Waals surface area contributed by atoms with Crippen LogP contribution in [0.15, 0.2) is 71.5 Å². The average molecular weight is 462 g/mol. The van der Waals surface area contributed by atoms with E-state index in [1.807, 2.05) is 54.6 Å². The standard InChI is InChI=1S/C25H20ClN3O4/c26-19-10-4-2-7-16(19)14-33-25(32)27-13-17-12-21(27)22-23(30)29(24(31)28(17)22)20-11-5-8-15-6-1-3-9-18(15)20/h1-11,17,21,30H,12-14H2. The minimum Gasteiger partial charge on any atom is -0.493 e. The van der Waals surface area contributed by atoms with Gasteiger partial charge in [0, 0.05) is 22.5 Å². The normalized spacial score (nSPS) is 18.6. The molecule has 33 heavy (non-hydrogen) atoms. The molecule has 0 radical (unpaired) electrons. The van der Waals surface area contributed by atoms with E-state index in [0.29, 0.717) is 29.4 Å². The topological polar surface area (TPSA) is 76.7 Å². The lowest BCUT2D eigenvalue weighted by Crippen LogP contribution is -2.38. The Morgan fingerprint density at radius 2 is 1.82 bits per heavy atom. The predicted octanol–water partition coefficient (Wildman–Crippen LogP) is 4.79. The van der Waals surface area contributed by atoms with Crippen LogP contribution >= 0.6 is 11.6 Å². The van der Waals surface area contributed by atoms with Gasteiger partial charge < -0.3 is 9.84 Å². The monoisotopic (exact) mass is 461 g/mol. The SMILES string of the molecule is O=C(OCc1ccccc1Cl)N1CC2CC1c1c(O)n(-c3cccc4ccccc34)c(=O)n12. The second-order valence-corrected chi connectivity index (χ2v) is 8.81. The third-order valence-electron chi connectivity index (χ3n) is 6.61. The van der Waals surface area contributed by atoms with Crippen LogP contribution in [0.25, 0.3) is 16.5 Å². The van der Waals surface area contributed by atoms with Crippen LogP contribution < -0.4 is 5.69 Å². The molecule has 2 atom stereocenters. The highest BCUT2D eigenvalue weighted by molar-refractivity contribution is 6.31. The van der Waals surface area contributed by atoms with Gasteiger partial charge in [-0.2, -0.15) is 0 Å². The summed E-state index contributed by atoms with van der Waals surface area (Å²) in [5.74, 6) is -0.132. The highest BCUT2D eigenvalue weighted by atomic mass is 35.5. The van der Waals surface area contributed by atoms with Crippen LogP contribution in [0.4, 0.5) is 4.79 Å². The number of carbonyl (C=O) groups is 1. The molecule has 7 nitrogen and oxygen atoms in total. The van der Waals surface area contributed by atoms with Crippen molar-refractivity contribution in [1.29, 1.82) is 0 Å². The molecule has 8 heteroatoms. The lowest BCUT2D eigenvalue weighted by molar-refractivity contribution is 0.0870. The van der Waals surface area contributed by atoms with Gasteiger partial charge in [-0.3, -0.25) is 9.47 Å². The number of amides is 1. The summed E-state index contributed by atoms with van der Waals surface area (Å²) in [6, 6.07) is 19.9. The number of aromatic nitrogens is 2. The van der Waals surface area contributed by atoms with E-state index < -0.39 is 12.1 Å². The van der Waals surface area contributed by atoms with Gasteiger partial charge in [0.1, 0.15) is 12.3 Å². The van der Waals surface area contributed by atoms with Gasteiger partial charge >= 0.3 is 11.8 Å². The van der Waals surface area contributed by atoms with Crippen LogP contribution in [0.1, 0.15) is 29.8 Å². The molecule has 1 saturated heterocycles. The summed E-state index contributed by atoms with van der Waals surface area (Å²) in [6.45, 7) is 0.417. The van der Waals surface area contributed by atoms with E-state index in [0.717, 1.165) is 16.3 Å². The molecule has 2 aliphatic rings. The number of hydrogen-bond acceptors (Lipinski definition) is 4. The minimum absolute atomic E-state index is 0.0577. The molecule has 1 amide bonds. The molecule has 2 unspecified atom stereocenters. The van der Waals surface area contributed by atoms with E-state index in [4.69, 9.17) is 16.3 Å². The molecule has 1 N–H and O–H groups in total. The van der Waals surface area contributed by atoms with Crippen LogP contribution in [-0.2, 0) is 11.3 Å². The summed E-state index contributed by atoms with van der Waals surface area (Å²) in [5.41, 5.74) is 1.50. The van der Waals surface area contributed by atoms with Crippen LogP contribution in [0.5, 0.6) is 5.88 Å². The number of carbonyl (C=O) groups excluding carboxylic acids is 1. The smallest absolute Gasteiger partial charge is 0.410 e. The van der Waals surface area contributed by atoms with E-state index in [2.05, 4.69) is 0 Å². The number of likely N-dealkylation sites (tertiary alicyclic amines) is 1. The van der Waals surface area contributed by atoms with Gasteiger partial charge in [0.2, 0.25) is 5.88 Å². The number of nitrogens with zero attached hydrogens (tertiary/aromatic N) is 3. The van der Waals surface area contributed by atoms with Crippen molar-refractivity contribution in [2.24, 2.45) is 0 Å². The third kappa shape index (κ3) is 2.96. The lowest BCUT2D eigenvalue weighted by Gasteiger charge is -2.27. The quantitative estimate of drug-likeness (QED) is 0.476. The molecule has 166 valence electrons. The number of fused-ring (bicyclic) bond motifs is 6. The van der Waals surface area contributed by atoms with Crippen LogP contribution in [0.3, 0.4) is 0 Å². The van der Waals surface area contributed by atoms with Gasteiger partial charge in [-0.1, -0.05) is 66.2 Å². The van der Waals surface area contributed by atoms with Gasteiger partial charge in [-0.25, -0.2) is 14.2 Å². The Morgan fingerprint density at radius 3 is 2.67 bits per heavy atom. The molecule has 2 bridgehead atoms. The van der Waals surface area contributed by atoms with Gasteiger partial charge in [0.05, 0.1) is 17.8 Å². The molecule has 0 saturated carbocycles. The molecule has 1 aromatic heterocycles. The first-order chi connectivity index (χ1) is 16.0. The van der Waals surface area contributed by atoms with Crippen molar-refractivity contribution in [3.05, 3.63) is 93.5 Å². The minimum atomic E-state index is -0.488. The first kappa shape index (κ1) is 19.9. The number of imidazole rings is 1. The number of aromatic hydroxyl groups is 1. The summed E-state index contributed by atoms with van der Waals surface area (Å²) in [7, 11) is 0. The number of ether oxygens (including phenoxy) is 1. The molecular formula is C25H20ClN3O4. The van der Waals surface area contributed by atoms with Crippen molar-refractivity contribution in [3.63, 3.8) is 0 Å². The fourth-order valence-corrected chi connectivity index (χ4v) is 5.30. The maximum Gasteiger partial charge on any atom is 0.410 e. The van der Waals surface area contributed by atoms with Crippen molar-refractivity contribution < 1.29 is 14.6 Å². The molecule has 3 heterocycles. The zero-order valence-corrected chi connectivity index (χ0v) is 18.3. The Balaban J connectivity index is 1.34. The van der Waals surface area contributed by atoms with Crippen LogP contribution in [0.2, 0.25) is 5.02 Å². The highest BCUT2D eigenvalue weighted by Gasteiger charge is 2.49. The second kappa shape index (κ2) is 7.42. The third-order valence-corrected chi connectivity index (χ3v) is 6.98. The van der Waals surface area contributed by atoms with Crippen molar-refractivity contribution in [2.45, 2.75) is 25.1 Å². The predicted molar refractivity (Wildman–Crippen MR) is 124 cm³/mol. The van der Waals surface area contributed by atoms with Crippen LogP contribution in [-0.4, -0.2) is 31.8 Å². The van der Waals surface area contributed by atoms with Crippen LogP contribution in [0, 0.1) is 0 Å². The molecule has 1 fully saturated rings. The van der Waals surface area contributed by atoms with E-state index in [1.165, 1.54) is 4.57 Å². The molecular weight excluding hydrogens is 442 g/mol. The fourth-order valence-electron chi connectivity index (χ4n) is 5.11. The average Bonchev–Trinajstić information content (AvgIpc) is 3.49. The summed E-state index contributed by atoms with van der Waals surface area (Å²) < 4.78 is 8.47. The van der Waals surface area contributed by atoms with Crippen molar-refractivity contribution >= 4 is 28.5 Å². The van der Waals surface area contributed by atoms with E-state index in [-0.39, 0.29) is 24.2 Å². The van der Waals surface area contributed by atoms with Crippen molar-refractivity contribution in [3.8, 4) is 11.6 Å². The van der Waals surface area contributed by atoms with Gasteiger partial charge in [0.15, 0.2) is 0 Å². The number of hydrogen-bond donors (Lipinski definition) is 1. The molecule has 6 rings (SSSR count). The van der Waals surface area contributed by atoms with Gasteiger partial charge in [-0.15, -0.1) is 0 Å². The second-order valence-electron chi connectivity index (χ2n) is 8.40. The summed E-state index contributed by atoms with van der Waals surface area (Å²) in [6.07, 6.45) is 0.0915. The fraction of sp³-hybridized carbons (Fsp3) is 0.200. The van der Waals surface area contributed by atoms with E-state index in [1.54, 1.807) is 21.6 Å². The van der Waals surface area contributed by atoms with Crippen molar-refractivity contribution in [1.82, 2.24) is 14.0 Å². The number of halogens is 1. The zero-order chi connectivity index (χ0) is 22.7. The summed E-state index contributed by atoms with van der Waals surface area (Å²) in [5, 5.41) is 13.5.